The van der Waals surface area contributed by atoms with Gasteiger partial charge in [-0.15, -0.1) is 6.58 Å². The molecule has 1 heteroatoms. The fraction of sp³-hybridized carbons (Fsp3) is 0.615. The summed E-state index contributed by atoms with van der Waals surface area (Å²) in [5, 5.41) is 0. The summed E-state index contributed by atoms with van der Waals surface area (Å²) in [6.45, 7) is 7.25. The van der Waals surface area contributed by atoms with Crippen molar-refractivity contribution in [2.24, 2.45) is 17.8 Å². The van der Waals surface area contributed by atoms with Gasteiger partial charge in [0.15, 0.2) is 0 Å². The van der Waals surface area contributed by atoms with E-state index in [1.165, 1.54) is 68.9 Å². The molecule has 0 amide bonds. The maximum atomic E-state index is 5.54. The highest BCUT2D eigenvalue weighted by Crippen LogP contribution is 2.44. The molecule has 1 nitrogen and oxygen atoms in total. The first-order valence-corrected chi connectivity index (χ1v) is 11.2. The molecule has 0 aromatic heterocycles. The van der Waals surface area contributed by atoms with Crippen LogP contribution in [0.5, 0.6) is 0 Å². The molecule has 0 heterocycles. The fourth-order valence-corrected chi connectivity index (χ4v) is 5.21. The van der Waals surface area contributed by atoms with Crippen molar-refractivity contribution < 1.29 is 4.74 Å². The summed E-state index contributed by atoms with van der Waals surface area (Å²) in [5.41, 5.74) is 2.80. The number of benzene rings is 1. The highest BCUT2D eigenvalue weighted by atomic mass is 16.5. The van der Waals surface area contributed by atoms with Gasteiger partial charge in [-0.05, 0) is 92.6 Å². The van der Waals surface area contributed by atoms with Crippen LogP contribution in [0.25, 0.3) is 0 Å². The van der Waals surface area contributed by atoms with E-state index < -0.39 is 0 Å². The van der Waals surface area contributed by atoms with Crippen LogP contribution in [0.15, 0.2) is 49.1 Å². The zero-order valence-electron chi connectivity index (χ0n) is 17.2. The van der Waals surface area contributed by atoms with Gasteiger partial charge in [0.1, 0.15) is 0 Å². The van der Waals surface area contributed by atoms with Gasteiger partial charge >= 0.3 is 0 Å². The second kappa shape index (κ2) is 10.9. The Kier molecular flexibility index (Phi) is 8.20. The smallest absolute Gasteiger partial charge is 0.0721 e. The van der Waals surface area contributed by atoms with Gasteiger partial charge in [0.2, 0.25) is 0 Å². The topological polar surface area (TPSA) is 9.23 Å². The average molecular weight is 367 g/mol. The van der Waals surface area contributed by atoms with Crippen LogP contribution >= 0.6 is 0 Å². The van der Waals surface area contributed by atoms with Crippen LogP contribution in [0.2, 0.25) is 0 Å². The predicted molar refractivity (Wildman–Crippen MR) is 116 cm³/mol. The minimum Gasteiger partial charge on any atom is -0.373 e. The van der Waals surface area contributed by atoms with Gasteiger partial charge in [-0.2, -0.15) is 0 Å². The van der Waals surface area contributed by atoms with Crippen LogP contribution in [0.3, 0.4) is 0 Å². The van der Waals surface area contributed by atoms with Crippen molar-refractivity contribution in [3.8, 4) is 0 Å². The van der Waals surface area contributed by atoms with E-state index in [9.17, 15) is 0 Å². The third kappa shape index (κ3) is 6.07. The molecule has 0 saturated heterocycles. The lowest BCUT2D eigenvalue weighted by molar-refractivity contribution is 0.149. The van der Waals surface area contributed by atoms with Gasteiger partial charge in [-0.25, -0.2) is 0 Å². The van der Waals surface area contributed by atoms with Crippen LogP contribution in [-0.4, -0.2) is 6.61 Å². The first-order chi connectivity index (χ1) is 13.3. The zero-order chi connectivity index (χ0) is 18.9. The molecule has 1 aromatic rings. The van der Waals surface area contributed by atoms with Crippen LogP contribution in [0, 0.1) is 17.8 Å². The molecule has 2 fully saturated rings. The van der Waals surface area contributed by atoms with Crippen molar-refractivity contribution in [2.45, 2.75) is 77.2 Å². The molecule has 2 aliphatic carbocycles. The van der Waals surface area contributed by atoms with Crippen molar-refractivity contribution in [3.05, 3.63) is 60.2 Å². The predicted octanol–water partition coefficient (Wildman–Crippen LogP) is 7.44. The van der Waals surface area contributed by atoms with Gasteiger partial charge in [-0.3, -0.25) is 0 Å². The van der Waals surface area contributed by atoms with Crippen molar-refractivity contribution in [2.75, 3.05) is 6.61 Å². The Morgan fingerprint density at radius 3 is 2.15 bits per heavy atom. The Morgan fingerprint density at radius 1 is 0.926 bits per heavy atom. The highest BCUT2D eigenvalue weighted by Gasteiger charge is 2.30. The Balaban J connectivity index is 1.42. The molecule has 0 unspecified atom stereocenters. The van der Waals surface area contributed by atoms with E-state index in [1.807, 2.05) is 0 Å². The standard InChI is InChI=1S/C26H38O/c1-3-5-6-21-7-11-23(12-8-21)25-15-17-26(18-16-25)24-13-9-22(10-14-24)20-27-19-4-2/h4-6,9-10,13-14,21,23,25-26H,2-3,7-8,11-12,15-20H2,1H3/t21-,23-,25-,26-. The second-order valence-corrected chi connectivity index (χ2v) is 8.67. The van der Waals surface area contributed by atoms with Gasteiger partial charge in [-0.1, -0.05) is 49.4 Å². The third-order valence-corrected chi connectivity index (χ3v) is 6.85. The molecule has 1 aromatic carbocycles. The van der Waals surface area contributed by atoms with Crippen LogP contribution in [0.4, 0.5) is 0 Å². The molecule has 0 radical (unpaired) electrons. The minimum absolute atomic E-state index is 0.628. The van der Waals surface area contributed by atoms with Gasteiger partial charge in [0.25, 0.3) is 0 Å². The van der Waals surface area contributed by atoms with Gasteiger partial charge in [0.05, 0.1) is 13.2 Å². The van der Waals surface area contributed by atoms with Crippen LogP contribution < -0.4 is 0 Å². The maximum absolute atomic E-state index is 5.54. The second-order valence-electron chi connectivity index (χ2n) is 8.67. The zero-order valence-corrected chi connectivity index (χ0v) is 17.2. The Hall–Kier alpha value is -1.34. The van der Waals surface area contributed by atoms with E-state index >= 15 is 0 Å². The molecule has 148 valence electrons. The van der Waals surface area contributed by atoms with Crippen molar-refractivity contribution in [1.82, 2.24) is 0 Å². The summed E-state index contributed by atoms with van der Waals surface area (Å²) in [6.07, 6.45) is 19.3. The Morgan fingerprint density at radius 2 is 1.56 bits per heavy atom. The minimum atomic E-state index is 0.628. The molecule has 0 aliphatic heterocycles. The monoisotopic (exact) mass is 366 g/mol. The average Bonchev–Trinajstić information content (AvgIpc) is 2.73. The third-order valence-electron chi connectivity index (χ3n) is 6.85. The summed E-state index contributed by atoms with van der Waals surface area (Å²) in [7, 11) is 0. The number of hydrogen-bond acceptors (Lipinski definition) is 1. The SMILES string of the molecule is C=CCOCc1ccc([C@H]2CC[C@H]([C@H]3CC[C@H](C=CCC)CC3)CC2)cc1. The van der Waals surface area contributed by atoms with Crippen molar-refractivity contribution in [1.29, 1.82) is 0 Å². The number of ether oxygens (including phenoxy) is 1. The first-order valence-electron chi connectivity index (χ1n) is 11.2. The van der Waals surface area contributed by atoms with E-state index in [1.54, 1.807) is 6.08 Å². The molecular weight excluding hydrogens is 328 g/mol. The summed E-state index contributed by atoms with van der Waals surface area (Å²) < 4.78 is 5.54. The lowest BCUT2D eigenvalue weighted by atomic mass is 9.68. The summed E-state index contributed by atoms with van der Waals surface area (Å²) in [4.78, 5) is 0. The van der Waals surface area contributed by atoms with Crippen molar-refractivity contribution >= 4 is 0 Å². The quantitative estimate of drug-likeness (QED) is 0.343. The van der Waals surface area contributed by atoms with Crippen LogP contribution in [0.1, 0.15) is 81.8 Å². The fourth-order valence-electron chi connectivity index (χ4n) is 5.21. The van der Waals surface area contributed by atoms with Gasteiger partial charge < -0.3 is 4.74 Å². The molecule has 0 atom stereocenters. The molecule has 3 rings (SSSR count). The van der Waals surface area contributed by atoms with E-state index in [0.29, 0.717) is 13.2 Å². The molecule has 0 N–H and O–H groups in total. The Labute approximate surface area is 166 Å². The molecule has 27 heavy (non-hydrogen) atoms. The van der Waals surface area contributed by atoms with E-state index in [0.717, 1.165) is 23.7 Å². The number of hydrogen-bond donors (Lipinski definition) is 0. The summed E-state index contributed by atoms with van der Waals surface area (Å²) >= 11 is 0. The highest BCUT2D eigenvalue weighted by molar-refractivity contribution is 5.25. The first kappa shape index (κ1) is 20.4. The molecule has 0 bridgehead atoms. The molecule has 0 spiro atoms. The molecule has 2 saturated carbocycles. The molecule has 2 aliphatic rings. The lowest BCUT2D eigenvalue weighted by Crippen LogP contribution is -2.25. The number of allylic oxidation sites excluding steroid dienone is 2. The van der Waals surface area contributed by atoms with Crippen LogP contribution in [-0.2, 0) is 11.3 Å². The van der Waals surface area contributed by atoms with E-state index in [-0.39, 0.29) is 0 Å². The van der Waals surface area contributed by atoms with E-state index in [2.05, 4.69) is 49.9 Å². The molecular formula is C26H38O. The summed E-state index contributed by atoms with van der Waals surface area (Å²) in [5.74, 6) is 3.63. The van der Waals surface area contributed by atoms with E-state index in [4.69, 9.17) is 4.74 Å². The maximum Gasteiger partial charge on any atom is 0.0721 e. The largest absolute Gasteiger partial charge is 0.373 e. The van der Waals surface area contributed by atoms with Gasteiger partial charge in [0, 0.05) is 0 Å². The Bertz CT molecular complexity index is 569. The summed E-state index contributed by atoms with van der Waals surface area (Å²) in [6, 6.07) is 9.16. The van der Waals surface area contributed by atoms with Crippen molar-refractivity contribution in [3.63, 3.8) is 0 Å². The number of rotatable bonds is 8. The lowest BCUT2D eigenvalue weighted by Gasteiger charge is -2.37. The normalized spacial score (nSPS) is 29.1.